The minimum Gasteiger partial charge on any atom is -0.486 e. The molecule has 0 aromatic heterocycles. The molecular weight excluding hydrogens is 392 g/mol. The van der Waals surface area contributed by atoms with Crippen LogP contribution in [0.25, 0.3) is 0 Å². The van der Waals surface area contributed by atoms with E-state index in [1.807, 2.05) is 42.7 Å². The van der Waals surface area contributed by atoms with E-state index >= 15 is 0 Å². The smallest absolute Gasteiger partial charge is 0.271 e. The van der Waals surface area contributed by atoms with Crippen molar-refractivity contribution in [1.29, 1.82) is 0 Å². The highest BCUT2D eigenvalue weighted by Crippen LogP contribution is 2.39. The lowest BCUT2D eigenvalue weighted by molar-refractivity contribution is -0.119. The predicted molar refractivity (Wildman–Crippen MR) is 112 cm³/mol. The number of primary amides is 1. The maximum Gasteiger partial charge on any atom is 0.271 e. The highest BCUT2D eigenvalue weighted by Gasteiger charge is 2.35. The van der Waals surface area contributed by atoms with Crippen molar-refractivity contribution in [2.24, 2.45) is 10.8 Å². The number of hydrogen-bond donors (Lipinski definition) is 2. The van der Waals surface area contributed by atoms with Gasteiger partial charge >= 0.3 is 0 Å². The van der Waals surface area contributed by atoms with Gasteiger partial charge < -0.3 is 20.5 Å². The predicted octanol–water partition coefficient (Wildman–Crippen LogP) is 2.24. The van der Waals surface area contributed by atoms with Crippen LogP contribution >= 0.6 is 11.8 Å². The molecule has 2 aromatic carbocycles. The van der Waals surface area contributed by atoms with E-state index in [2.05, 4.69) is 10.4 Å². The molecule has 0 aliphatic carbocycles. The second-order valence-electron chi connectivity index (χ2n) is 6.50. The number of nitrogens with zero attached hydrogens (tertiary/aromatic N) is 2. The summed E-state index contributed by atoms with van der Waals surface area (Å²) in [6.07, 6.45) is 2.05. The summed E-state index contributed by atoms with van der Waals surface area (Å²) in [5.74, 6) is 0.311. The van der Waals surface area contributed by atoms with Crippen LogP contribution in [-0.4, -0.2) is 43.0 Å². The van der Waals surface area contributed by atoms with Crippen molar-refractivity contribution in [2.45, 2.75) is 17.4 Å². The Kier molecular flexibility index (Phi) is 5.30. The van der Waals surface area contributed by atoms with Gasteiger partial charge in [-0.1, -0.05) is 18.2 Å². The first-order chi connectivity index (χ1) is 14.1. The minimum absolute atomic E-state index is 0.134. The zero-order chi connectivity index (χ0) is 20.4. The summed E-state index contributed by atoms with van der Waals surface area (Å²) in [6, 6.07) is 12.0. The number of hydrazone groups is 1. The van der Waals surface area contributed by atoms with Crippen LogP contribution in [0.2, 0.25) is 0 Å². The summed E-state index contributed by atoms with van der Waals surface area (Å²) in [6.45, 7) is 0.950. The lowest BCUT2D eigenvalue weighted by Gasteiger charge is -2.20. The SMILES string of the molecule is CSc1cc2c(cc1NC(=O)C1=NN(c3ccccc3)C(C(N)=O)C1)OCCO2. The first-order valence-electron chi connectivity index (χ1n) is 9.07. The normalized spacial score (nSPS) is 17.6. The first kappa shape index (κ1) is 19.1. The first-order valence-corrected chi connectivity index (χ1v) is 10.3. The maximum atomic E-state index is 12.9. The van der Waals surface area contributed by atoms with E-state index < -0.39 is 11.9 Å². The number of thioether (sulfide) groups is 1. The number of fused-ring (bicyclic) bond motifs is 1. The molecule has 150 valence electrons. The molecular formula is C20H20N4O4S. The van der Waals surface area contributed by atoms with Gasteiger partial charge in [0.25, 0.3) is 5.91 Å². The van der Waals surface area contributed by atoms with E-state index in [4.69, 9.17) is 15.2 Å². The Hall–Kier alpha value is -3.20. The molecule has 0 bridgehead atoms. The van der Waals surface area contributed by atoms with Gasteiger partial charge in [-0.3, -0.25) is 14.6 Å². The molecule has 4 rings (SSSR count). The number of carbonyl (C=O) groups excluding carboxylic acids is 2. The van der Waals surface area contributed by atoms with Crippen LogP contribution in [0.15, 0.2) is 52.5 Å². The summed E-state index contributed by atoms with van der Waals surface area (Å²) in [5, 5.41) is 8.75. The average Bonchev–Trinajstić information content (AvgIpc) is 3.20. The van der Waals surface area contributed by atoms with Crippen LogP contribution in [-0.2, 0) is 9.59 Å². The van der Waals surface area contributed by atoms with Crippen LogP contribution < -0.4 is 25.5 Å². The van der Waals surface area contributed by atoms with Crippen molar-refractivity contribution in [2.75, 3.05) is 29.8 Å². The Bertz CT molecular complexity index is 980. The van der Waals surface area contributed by atoms with Gasteiger partial charge in [-0.25, -0.2) is 0 Å². The van der Waals surface area contributed by atoms with Crippen molar-refractivity contribution in [1.82, 2.24) is 0 Å². The molecule has 0 saturated carbocycles. The number of para-hydroxylation sites is 1. The number of amides is 2. The molecule has 0 saturated heterocycles. The van der Waals surface area contributed by atoms with E-state index in [1.165, 1.54) is 16.8 Å². The molecule has 9 heteroatoms. The molecule has 8 nitrogen and oxygen atoms in total. The molecule has 3 N–H and O–H groups in total. The number of benzene rings is 2. The number of carbonyl (C=O) groups is 2. The average molecular weight is 412 g/mol. The van der Waals surface area contributed by atoms with Gasteiger partial charge in [-0.15, -0.1) is 11.8 Å². The number of nitrogens with two attached hydrogens (primary N) is 1. The summed E-state index contributed by atoms with van der Waals surface area (Å²) < 4.78 is 11.2. The van der Waals surface area contributed by atoms with Crippen molar-refractivity contribution in [3.8, 4) is 11.5 Å². The van der Waals surface area contributed by atoms with Crippen LogP contribution in [0, 0.1) is 0 Å². The highest BCUT2D eigenvalue weighted by molar-refractivity contribution is 7.98. The summed E-state index contributed by atoms with van der Waals surface area (Å²) in [5.41, 5.74) is 7.08. The quantitative estimate of drug-likeness (QED) is 0.730. The summed E-state index contributed by atoms with van der Waals surface area (Å²) in [7, 11) is 0. The van der Waals surface area contributed by atoms with Gasteiger partial charge in [0.15, 0.2) is 11.5 Å². The van der Waals surface area contributed by atoms with E-state index in [-0.39, 0.29) is 18.0 Å². The van der Waals surface area contributed by atoms with E-state index in [1.54, 1.807) is 6.07 Å². The third kappa shape index (κ3) is 3.86. The Balaban J connectivity index is 1.59. The maximum absolute atomic E-state index is 12.9. The number of anilines is 2. The van der Waals surface area contributed by atoms with Crippen LogP contribution in [0.4, 0.5) is 11.4 Å². The lowest BCUT2D eigenvalue weighted by Crippen LogP contribution is -2.39. The lowest BCUT2D eigenvalue weighted by atomic mass is 10.1. The Morgan fingerprint density at radius 1 is 1.17 bits per heavy atom. The molecule has 2 heterocycles. The van der Waals surface area contributed by atoms with E-state index in [9.17, 15) is 9.59 Å². The van der Waals surface area contributed by atoms with Crippen LogP contribution in [0.5, 0.6) is 11.5 Å². The van der Waals surface area contributed by atoms with Crippen molar-refractivity contribution < 1.29 is 19.1 Å². The molecule has 1 atom stereocenters. The Morgan fingerprint density at radius 2 is 1.86 bits per heavy atom. The largest absolute Gasteiger partial charge is 0.486 e. The summed E-state index contributed by atoms with van der Waals surface area (Å²) in [4.78, 5) is 25.6. The topological polar surface area (TPSA) is 106 Å². The standard InChI is InChI=1S/C20H20N4O4S/c1-29-18-11-17-16(27-7-8-28-17)10-13(18)22-20(26)14-9-15(19(21)25)24(23-14)12-5-3-2-4-6-12/h2-6,10-11,15H,7-9H2,1H3,(H2,21,25)(H,22,26). The van der Waals surface area contributed by atoms with Gasteiger partial charge in [0, 0.05) is 17.4 Å². The number of nitrogens with one attached hydrogen (secondary N) is 1. The fraction of sp³-hybridized carbons (Fsp3) is 0.250. The van der Waals surface area contributed by atoms with E-state index in [0.717, 1.165) is 4.90 Å². The van der Waals surface area contributed by atoms with Crippen molar-refractivity contribution in [3.05, 3.63) is 42.5 Å². The molecule has 2 aliphatic rings. The molecule has 0 fully saturated rings. The molecule has 0 spiro atoms. The second-order valence-corrected chi connectivity index (χ2v) is 7.35. The molecule has 0 radical (unpaired) electrons. The third-order valence-corrected chi connectivity index (χ3v) is 5.41. The molecule has 2 aromatic rings. The number of hydrogen-bond acceptors (Lipinski definition) is 7. The Morgan fingerprint density at radius 3 is 2.52 bits per heavy atom. The molecule has 1 unspecified atom stereocenters. The fourth-order valence-electron chi connectivity index (χ4n) is 3.22. The minimum atomic E-state index is -0.710. The molecule has 29 heavy (non-hydrogen) atoms. The molecule has 2 aliphatic heterocycles. The van der Waals surface area contributed by atoms with Gasteiger partial charge in [0.05, 0.1) is 11.4 Å². The van der Waals surface area contributed by atoms with Gasteiger partial charge in [-0.2, -0.15) is 5.10 Å². The number of ether oxygens (including phenoxy) is 2. The van der Waals surface area contributed by atoms with Crippen molar-refractivity contribution >= 4 is 40.7 Å². The van der Waals surface area contributed by atoms with Gasteiger partial charge in [0.2, 0.25) is 5.91 Å². The van der Waals surface area contributed by atoms with Gasteiger partial charge in [0.1, 0.15) is 25.0 Å². The zero-order valence-electron chi connectivity index (χ0n) is 15.8. The zero-order valence-corrected chi connectivity index (χ0v) is 16.6. The van der Waals surface area contributed by atoms with Crippen LogP contribution in [0.1, 0.15) is 6.42 Å². The van der Waals surface area contributed by atoms with Gasteiger partial charge in [-0.05, 0) is 24.5 Å². The number of rotatable bonds is 5. The van der Waals surface area contributed by atoms with Crippen molar-refractivity contribution in [3.63, 3.8) is 0 Å². The monoisotopic (exact) mass is 412 g/mol. The summed E-state index contributed by atoms with van der Waals surface area (Å²) >= 11 is 1.48. The van der Waals surface area contributed by atoms with E-state index in [0.29, 0.717) is 36.1 Å². The Labute approximate surface area is 172 Å². The second kappa shape index (κ2) is 8.04. The highest BCUT2D eigenvalue weighted by atomic mass is 32.2. The third-order valence-electron chi connectivity index (χ3n) is 4.63. The fourth-order valence-corrected chi connectivity index (χ4v) is 3.77. The molecule has 2 amide bonds. The van der Waals surface area contributed by atoms with Crippen LogP contribution in [0.3, 0.4) is 0 Å².